The average Bonchev–Trinajstić information content (AvgIpc) is 3.58. The highest BCUT2D eigenvalue weighted by molar-refractivity contribution is 6.20. The van der Waals surface area contributed by atoms with Crippen LogP contribution < -0.4 is 10.6 Å². The summed E-state index contributed by atoms with van der Waals surface area (Å²) < 4.78 is 16.3. The fraction of sp³-hybridized carbons (Fsp3) is 0.0345. The van der Waals surface area contributed by atoms with Gasteiger partial charge in [-0.1, -0.05) is 48.5 Å². The van der Waals surface area contributed by atoms with Crippen molar-refractivity contribution >= 4 is 39.8 Å². The number of aromatic nitrogens is 5. The molecule has 11 heteroatoms. The summed E-state index contributed by atoms with van der Waals surface area (Å²) in [6.07, 6.45) is 1.85. The van der Waals surface area contributed by atoms with Crippen LogP contribution in [0.5, 0.6) is 0 Å². The van der Waals surface area contributed by atoms with Crippen molar-refractivity contribution in [3.8, 4) is 11.3 Å². The van der Waals surface area contributed by atoms with E-state index in [2.05, 4.69) is 35.9 Å². The standard InChI is InChI=1S/C29H19FN8O2/c30-20-9-4-8-19-23(16-6-2-1-3-7-16)34-27(29(40)35-25(19)20)36-28(39)26-24(33-22-10-5-13-32-38(22)26)17-11-12-21-18(14-17)15-31-37-21/h1-15,27H,(H,31,37)(H,35,40)(H,36,39)/t27-/m1/s1. The number of rotatable bonds is 4. The second-order valence-corrected chi connectivity index (χ2v) is 9.15. The molecule has 10 nitrogen and oxygen atoms in total. The molecule has 1 aliphatic rings. The monoisotopic (exact) mass is 530 g/mol. The fourth-order valence-electron chi connectivity index (χ4n) is 4.80. The van der Waals surface area contributed by atoms with Crippen molar-refractivity contribution < 1.29 is 14.0 Å². The van der Waals surface area contributed by atoms with Crippen molar-refractivity contribution in [1.82, 2.24) is 30.1 Å². The first kappa shape index (κ1) is 23.4. The largest absolute Gasteiger partial charge is 0.321 e. The van der Waals surface area contributed by atoms with Crippen LogP contribution in [0.1, 0.15) is 21.6 Å². The minimum absolute atomic E-state index is 0.00238. The molecule has 3 N–H and O–H groups in total. The molecular weight excluding hydrogens is 511 g/mol. The third-order valence-corrected chi connectivity index (χ3v) is 6.66. The lowest BCUT2D eigenvalue weighted by Gasteiger charge is -2.14. The molecule has 0 fully saturated rings. The van der Waals surface area contributed by atoms with E-state index in [1.54, 1.807) is 42.6 Å². The zero-order chi connectivity index (χ0) is 27.2. The zero-order valence-electron chi connectivity index (χ0n) is 20.7. The number of benzene rings is 3. The number of nitrogens with one attached hydrogen (secondary N) is 3. The van der Waals surface area contributed by atoms with Gasteiger partial charge in [0.1, 0.15) is 11.5 Å². The highest BCUT2D eigenvalue weighted by atomic mass is 19.1. The van der Waals surface area contributed by atoms with Crippen molar-refractivity contribution in [2.75, 3.05) is 5.32 Å². The van der Waals surface area contributed by atoms with E-state index < -0.39 is 23.8 Å². The predicted molar refractivity (Wildman–Crippen MR) is 146 cm³/mol. The van der Waals surface area contributed by atoms with Gasteiger partial charge in [0.2, 0.25) is 6.17 Å². The Balaban J connectivity index is 1.33. The molecule has 3 aromatic carbocycles. The van der Waals surface area contributed by atoms with Crippen LogP contribution in [0.2, 0.25) is 0 Å². The minimum Gasteiger partial charge on any atom is -0.321 e. The van der Waals surface area contributed by atoms with Gasteiger partial charge in [-0.2, -0.15) is 10.2 Å². The average molecular weight is 531 g/mol. The van der Waals surface area contributed by atoms with E-state index in [-0.39, 0.29) is 11.4 Å². The van der Waals surface area contributed by atoms with Crippen LogP contribution in [0.15, 0.2) is 96.2 Å². The highest BCUT2D eigenvalue weighted by Crippen LogP contribution is 2.29. The number of H-pyrrole nitrogens is 1. The second kappa shape index (κ2) is 9.24. The minimum atomic E-state index is -1.37. The van der Waals surface area contributed by atoms with Crippen LogP contribution in [0, 0.1) is 5.82 Å². The highest BCUT2D eigenvalue weighted by Gasteiger charge is 2.31. The Bertz CT molecular complexity index is 1980. The Kier molecular flexibility index (Phi) is 5.41. The van der Waals surface area contributed by atoms with Crippen LogP contribution in [-0.4, -0.2) is 48.5 Å². The summed E-state index contributed by atoms with van der Waals surface area (Å²) in [6, 6.07) is 22.5. The molecule has 0 aliphatic carbocycles. The van der Waals surface area contributed by atoms with Gasteiger partial charge in [-0.05, 0) is 30.3 Å². The normalized spacial score (nSPS) is 14.9. The maximum Gasteiger partial charge on any atom is 0.274 e. The summed E-state index contributed by atoms with van der Waals surface area (Å²) in [5.74, 6) is -1.92. The van der Waals surface area contributed by atoms with E-state index in [0.29, 0.717) is 33.7 Å². The topological polar surface area (TPSA) is 129 Å². The first-order valence-corrected chi connectivity index (χ1v) is 12.4. The Morgan fingerprint density at radius 3 is 2.73 bits per heavy atom. The number of hydrogen-bond donors (Lipinski definition) is 3. The van der Waals surface area contributed by atoms with Crippen molar-refractivity contribution in [2.45, 2.75) is 6.17 Å². The molecule has 0 spiro atoms. The molecule has 6 aromatic rings. The fourth-order valence-corrected chi connectivity index (χ4v) is 4.80. The molecule has 0 saturated heterocycles. The van der Waals surface area contributed by atoms with Gasteiger partial charge in [0.15, 0.2) is 11.3 Å². The molecule has 7 rings (SSSR count). The number of hydrogen-bond acceptors (Lipinski definition) is 6. The van der Waals surface area contributed by atoms with Crippen LogP contribution in [0.25, 0.3) is 27.8 Å². The van der Waals surface area contributed by atoms with E-state index in [4.69, 9.17) is 0 Å². The number of aromatic amines is 1. The molecule has 0 radical (unpaired) electrons. The van der Waals surface area contributed by atoms with Gasteiger partial charge in [-0.3, -0.25) is 14.7 Å². The van der Waals surface area contributed by atoms with Gasteiger partial charge in [0, 0.05) is 28.3 Å². The van der Waals surface area contributed by atoms with Crippen molar-refractivity contribution in [2.24, 2.45) is 4.99 Å². The number of para-hydroxylation sites is 1. The third-order valence-electron chi connectivity index (χ3n) is 6.66. The Morgan fingerprint density at radius 1 is 0.975 bits per heavy atom. The number of aliphatic imine (C=N–C) groups is 1. The van der Waals surface area contributed by atoms with Crippen LogP contribution in [-0.2, 0) is 4.79 Å². The van der Waals surface area contributed by atoms with Gasteiger partial charge in [0.05, 0.1) is 23.1 Å². The van der Waals surface area contributed by atoms with Crippen LogP contribution in [0.3, 0.4) is 0 Å². The quantitative estimate of drug-likeness (QED) is 0.318. The van der Waals surface area contributed by atoms with Gasteiger partial charge in [-0.15, -0.1) is 0 Å². The van der Waals surface area contributed by atoms with E-state index in [1.807, 2.05) is 36.4 Å². The summed E-state index contributed by atoms with van der Waals surface area (Å²) >= 11 is 0. The van der Waals surface area contributed by atoms with Gasteiger partial charge >= 0.3 is 0 Å². The SMILES string of the molecule is O=C(N[C@H]1N=C(c2ccccc2)c2cccc(F)c2NC1=O)c1c(-c2ccc3[nH]ncc3c2)nc2cccnn12. The van der Waals surface area contributed by atoms with Gasteiger partial charge < -0.3 is 10.6 Å². The number of anilines is 1. The molecule has 1 atom stereocenters. The summed E-state index contributed by atoms with van der Waals surface area (Å²) in [6.45, 7) is 0. The molecule has 1 aliphatic heterocycles. The molecule has 0 unspecified atom stereocenters. The van der Waals surface area contributed by atoms with E-state index in [1.165, 1.54) is 16.8 Å². The molecule has 4 heterocycles. The number of carbonyl (C=O) groups is 2. The Labute approximate surface area is 225 Å². The summed E-state index contributed by atoms with van der Waals surface area (Å²) in [7, 11) is 0. The third kappa shape index (κ3) is 3.88. The van der Waals surface area contributed by atoms with Crippen LogP contribution in [0.4, 0.5) is 10.1 Å². The van der Waals surface area contributed by atoms with E-state index in [9.17, 15) is 14.0 Å². The number of imidazole rings is 1. The maximum absolute atomic E-state index is 14.8. The number of halogens is 1. The van der Waals surface area contributed by atoms with Crippen molar-refractivity contribution in [3.05, 3.63) is 114 Å². The summed E-state index contributed by atoms with van der Waals surface area (Å²) in [5, 5.41) is 17.4. The van der Waals surface area contributed by atoms with Gasteiger partial charge in [0.25, 0.3) is 11.8 Å². The van der Waals surface area contributed by atoms with Crippen LogP contribution >= 0.6 is 0 Å². The predicted octanol–water partition coefficient (Wildman–Crippen LogP) is 3.96. The molecule has 2 amide bonds. The lowest BCUT2D eigenvalue weighted by molar-refractivity contribution is -0.117. The second-order valence-electron chi connectivity index (χ2n) is 9.15. The number of fused-ring (bicyclic) bond motifs is 3. The summed E-state index contributed by atoms with van der Waals surface area (Å²) in [4.78, 5) is 36.5. The molecule has 0 saturated carbocycles. The molecule has 194 valence electrons. The molecular formula is C29H19FN8O2. The number of amides is 2. The van der Waals surface area contributed by atoms with E-state index >= 15 is 0 Å². The molecule has 0 bridgehead atoms. The smallest absolute Gasteiger partial charge is 0.274 e. The first-order valence-electron chi connectivity index (χ1n) is 12.4. The number of benzodiazepines with no additional fused rings is 1. The van der Waals surface area contributed by atoms with E-state index in [0.717, 1.165) is 10.9 Å². The number of carbonyl (C=O) groups excluding carboxylic acids is 2. The van der Waals surface area contributed by atoms with Crippen molar-refractivity contribution in [3.63, 3.8) is 0 Å². The first-order chi connectivity index (χ1) is 19.6. The maximum atomic E-state index is 14.8. The molecule has 3 aromatic heterocycles. The molecule has 40 heavy (non-hydrogen) atoms. The summed E-state index contributed by atoms with van der Waals surface area (Å²) in [5.41, 5.74) is 3.86. The van der Waals surface area contributed by atoms with Gasteiger partial charge in [-0.25, -0.2) is 18.9 Å². The lowest BCUT2D eigenvalue weighted by Crippen LogP contribution is -2.43. The zero-order valence-corrected chi connectivity index (χ0v) is 20.7. The number of nitrogens with zero attached hydrogens (tertiary/aromatic N) is 5. The lowest BCUT2D eigenvalue weighted by atomic mass is 10.0. The van der Waals surface area contributed by atoms with Crippen molar-refractivity contribution in [1.29, 1.82) is 0 Å². The Morgan fingerprint density at radius 2 is 1.85 bits per heavy atom. The Hall–Kier alpha value is -5.71.